The molecule has 5 fully saturated rings. The number of rotatable bonds is 5. The molecule has 6 aliphatic rings. The zero-order chi connectivity index (χ0) is 30.2. The first-order chi connectivity index (χ1) is 21.9. The Morgan fingerprint density at radius 2 is 2.09 bits per heavy atom. The van der Waals surface area contributed by atoms with Gasteiger partial charge in [0.25, 0.3) is 0 Å². The summed E-state index contributed by atoms with van der Waals surface area (Å²) in [4.78, 5) is 14.3. The summed E-state index contributed by atoms with van der Waals surface area (Å²) in [6.45, 7) is 2.95. The molecular formula is C33H31F2N7O2S. The van der Waals surface area contributed by atoms with Gasteiger partial charge >= 0.3 is 6.01 Å². The number of hydrogen-bond acceptors (Lipinski definition) is 10. The minimum atomic E-state index is -0.879. The van der Waals surface area contributed by atoms with Crippen molar-refractivity contribution in [1.29, 1.82) is 5.26 Å². The first-order valence-electron chi connectivity index (χ1n) is 15.8. The second kappa shape index (κ2) is 9.00. The molecule has 12 heteroatoms. The standard InChI is InChI=1S/C33H31F2N7O2S/c34-16-9-32(6-2-8-41(32)12-16)15-44-31-39-28-26(30(40-31)42-22-5-7-33(22)23(42)11-38-33)20-14-43-13-19(20)25(27(28)35)17-3-1-4-21-24(17)18(10-36)29(37)45-21/h1,3-4,16,22-23,38H,2,5-9,11-15,37H2/t16?,22?,23?,32-,33?/m0/s1. The van der Waals surface area contributed by atoms with Gasteiger partial charge in [0.05, 0.1) is 47.3 Å². The molecule has 2 aromatic heterocycles. The van der Waals surface area contributed by atoms with E-state index in [4.69, 9.17) is 25.2 Å². The quantitative estimate of drug-likeness (QED) is 0.323. The van der Waals surface area contributed by atoms with Crippen molar-refractivity contribution in [1.82, 2.24) is 20.2 Å². The lowest BCUT2D eigenvalue weighted by Gasteiger charge is -2.77. The molecule has 0 bridgehead atoms. The number of aromatic nitrogens is 2. The number of halogens is 2. The van der Waals surface area contributed by atoms with Crippen LogP contribution in [0.3, 0.4) is 0 Å². The van der Waals surface area contributed by atoms with Crippen LogP contribution in [0.5, 0.6) is 6.01 Å². The van der Waals surface area contributed by atoms with Crippen molar-refractivity contribution in [3.05, 3.63) is 40.7 Å². The van der Waals surface area contributed by atoms with Gasteiger partial charge in [0.2, 0.25) is 0 Å². The van der Waals surface area contributed by atoms with Gasteiger partial charge in [0.15, 0.2) is 5.82 Å². The Balaban J connectivity index is 1.18. The Hall–Kier alpha value is -3.63. The average Bonchev–Trinajstić information content (AvgIpc) is 3.76. The molecule has 5 aliphatic heterocycles. The number of nitrogens with one attached hydrogen (secondary N) is 1. The SMILES string of the molecule is N#Cc1c(N)sc2cccc(-c3c4c(c5c(N6C7CCC78NCC68)nc(OC[C@@]67CCCN6CC(F)C7)nc5c3F)COC4)c12. The smallest absolute Gasteiger partial charge is 0.319 e. The van der Waals surface area contributed by atoms with Crippen molar-refractivity contribution in [2.45, 2.75) is 74.7 Å². The Bertz CT molecular complexity index is 1990. The van der Waals surface area contributed by atoms with Crippen LogP contribution in [0.15, 0.2) is 18.2 Å². The van der Waals surface area contributed by atoms with E-state index in [1.807, 2.05) is 18.2 Å². The van der Waals surface area contributed by atoms with Crippen molar-refractivity contribution in [3.8, 4) is 23.2 Å². The van der Waals surface area contributed by atoms with Gasteiger partial charge in [-0.3, -0.25) is 4.90 Å². The molecule has 1 aliphatic carbocycles. The number of anilines is 2. The molecular weight excluding hydrogens is 596 g/mol. The molecule has 9 nitrogen and oxygen atoms in total. The maximum Gasteiger partial charge on any atom is 0.319 e. The van der Waals surface area contributed by atoms with E-state index in [2.05, 4.69) is 21.2 Å². The first-order valence-corrected chi connectivity index (χ1v) is 16.6. The predicted octanol–water partition coefficient (Wildman–Crippen LogP) is 4.78. The van der Waals surface area contributed by atoms with Gasteiger partial charge in [-0.1, -0.05) is 12.1 Å². The highest BCUT2D eigenvalue weighted by molar-refractivity contribution is 7.23. The fourth-order valence-electron chi connectivity index (χ4n) is 9.46. The van der Waals surface area contributed by atoms with Crippen LogP contribution in [0.4, 0.5) is 19.6 Å². The minimum absolute atomic E-state index is 0.115. The Morgan fingerprint density at radius 1 is 1.20 bits per heavy atom. The van der Waals surface area contributed by atoms with E-state index in [1.54, 1.807) is 0 Å². The van der Waals surface area contributed by atoms with E-state index < -0.39 is 12.0 Å². The van der Waals surface area contributed by atoms with Gasteiger partial charge in [-0.2, -0.15) is 15.2 Å². The fraction of sp³-hybridized carbons (Fsp3) is 0.485. The topological polar surface area (TPSA) is 113 Å². The normalized spacial score (nSPS) is 31.1. The highest BCUT2D eigenvalue weighted by Gasteiger charge is 2.71. The van der Waals surface area contributed by atoms with E-state index in [9.17, 15) is 9.65 Å². The molecule has 1 spiro atoms. The van der Waals surface area contributed by atoms with Crippen molar-refractivity contribution in [2.24, 2.45) is 0 Å². The van der Waals surface area contributed by atoms with Crippen LogP contribution in [0.25, 0.3) is 32.1 Å². The van der Waals surface area contributed by atoms with Crippen LogP contribution in [-0.2, 0) is 18.0 Å². The third-order valence-electron chi connectivity index (χ3n) is 11.7. The predicted molar refractivity (Wildman–Crippen MR) is 167 cm³/mol. The van der Waals surface area contributed by atoms with Crippen molar-refractivity contribution >= 4 is 43.1 Å². The van der Waals surface area contributed by atoms with Crippen molar-refractivity contribution in [3.63, 3.8) is 0 Å². The van der Waals surface area contributed by atoms with Crippen LogP contribution < -0.4 is 20.7 Å². The van der Waals surface area contributed by atoms with Crippen LogP contribution >= 0.6 is 11.3 Å². The molecule has 4 unspecified atom stereocenters. The summed E-state index contributed by atoms with van der Waals surface area (Å²) in [5.41, 5.74) is 9.15. The summed E-state index contributed by atoms with van der Waals surface area (Å²) in [5, 5.41) is 15.4. The number of alkyl halides is 1. The third-order valence-corrected chi connectivity index (χ3v) is 12.7. The fourth-order valence-corrected chi connectivity index (χ4v) is 10.4. The van der Waals surface area contributed by atoms with Crippen molar-refractivity contribution < 1.29 is 18.3 Å². The average molecular weight is 628 g/mol. The van der Waals surface area contributed by atoms with Gasteiger partial charge in [0.1, 0.15) is 35.2 Å². The monoisotopic (exact) mass is 627 g/mol. The zero-order valence-corrected chi connectivity index (χ0v) is 25.4. The number of piperidine rings is 1. The molecule has 1 saturated carbocycles. The molecule has 10 rings (SSSR count). The molecule has 4 aromatic rings. The number of fused-ring (bicyclic) bond motifs is 5. The van der Waals surface area contributed by atoms with E-state index in [-0.39, 0.29) is 47.9 Å². The van der Waals surface area contributed by atoms with Gasteiger partial charge in [-0.05, 0) is 55.0 Å². The summed E-state index contributed by atoms with van der Waals surface area (Å²) < 4.78 is 45.1. The van der Waals surface area contributed by atoms with Crippen LogP contribution in [0.2, 0.25) is 0 Å². The number of nitrogen functional groups attached to an aromatic ring is 1. The second-order valence-electron chi connectivity index (χ2n) is 13.6. The second-order valence-corrected chi connectivity index (χ2v) is 14.7. The Morgan fingerprint density at radius 3 is 2.87 bits per heavy atom. The number of nitrogens with zero attached hydrogens (tertiary/aromatic N) is 5. The summed E-state index contributed by atoms with van der Waals surface area (Å²) in [6.07, 6.45) is 3.57. The zero-order valence-electron chi connectivity index (χ0n) is 24.5. The number of ether oxygens (including phenoxy) is 2. The lowest BCUT2D eigenvalue weighted by Crippen LogP contribution is -2.96. The Labute approximate surface area is 261 Å². The summed E-state index contributed by atoms with van der Waals surface area (Å²) in [7, 11) is 0. The molecule has 2 aromatic carbocycles. The largest absolute Gasteiger partial charge is 0.461 e. The minimum Gasteiger partial charge on any atom is -0.461 e. The number of hydrogen-bond donors (Lipinski definition) is 2. The highest BCUT2D eigenvalue weighted by Crippen LogP contribution is 2.58. The third kappa shape index (κ3) is 3.29. The molecule has 4 saturated heterocycles. The van der Waals surface area contributed by atoms with E-state index in [1.165, 1.54) is 11.3 Å². The van der Waals surface area contributed by atoms with Crippen LogP contribution in [0, 0.1) is 17.1 Å². The van der Waals surface area contributed by atoms with Gasteiger partial charge in [-0.25, -0.2) is 8.78 Å². The molecule has 3 N–H and O–H groups in total. The number of nitriles is 1. The van der Waals surface area contributed by atoms with Crippen LogP contribution in [-0.4, -0.2) is 70.4 Å². The number of benzene rings is 2. The first kappa shape index (κ1) is 26.6. The van der Waals surface area contributed by atoms with E-state index >= 15 is 4.39 Å². The van der Waals surface area contributed by atoms with Crippen molar-refractivity contribution in [2.75, 3.05) is 36.9 Å². The van der Waals surface area contributed by atoms with E-state index in [0.717, 1.165) is 54.6 Å². The van der Waals surface area contributed by atoms with Gasteiger partial charge in [-0.15, -0.1) is 11.3 Å². The van der Waals surface area contributed by atoms with Gasteiger partial charge < -0.3 is 25.4 Å². The lowest BCUT2D eigenvalue weighted by molar-refractivity contribution is -0.0522. The number of piperazine rings is 1. The summed E-state index contributed by atoms with van der Waals surface area (Å²) >= 11 is 1.33. The molecule has 230 valence electrons. The molecule has 0 radical (unpaired) electrons. The van der Waals surface area contributed by atoms with Gasteiger partial charge in [0, 0.05) is 35.2 Å². The maximum atomic E-state index is 17.3. The molecule has 0 amide bonds. The summed E-state index contributed by atoms with van der Waals surface area (Å²) in [6, 6.07) is 8.54. The number of thiophene rings is 1. The molecule has 5 atom stereocenters. The molecule has 45 heavy (non-hydrogen) atoms. The summed E-state index contributed by atoms with van der Waals surface area (Å²) in [5.74, 6) is 0.210. The van der Waals surface area contributed by atoms with E-state index in [0.29, 0.717) is 57.9 Å². The lowest BCUT2D eigenvalue weighted by atomic mass is 9.54. The number of nitrogens with two attached hydrogens (primary N) is 1. The van der Waals surface area contributed by atoms with Crippen LogP contribution in [0.1, 0.15) is 48.8 Å². The highest BCUT2D eigenvalue weighted by atomic mass is 32.1. The Kier molecular flexibility index (Phi) is 5.32. The molecule has 7 heterocycles. The maximum absolute atomic E-state index is 17.3.